The van der Waals surface area contributed by atoms with Gasteiger partial charge >= 0.3 is 23.9 Å². The first-order valence-corrected chi connectivity index (χ1v) is 18.8. The fourth-order valence-corrected chi connectivity index (χ4v) is 5.19. The van der Waals surface area contributed by atoms with Crippen LogP contribution < -0.4 is 5.32 Å². The zero-order chi connectivity index (χ0) is 39.6. The van der Waals surface area contributed by atoms with Crippen molar-refractivity contribution in [3.63, 3.8) is 0 Å². The second-order valence-corrected chi connectivity index (χ2v) is 12.6. The lowest BCUT2D eigenvalue weighted by molar-refractivity contribution is -0.141. The molecule has 0 bridgehead atoms. The quantitative estimate of drug-likeness (QED) is 0.102. The third-order valence-electron chi connectivity index (χ3n) is 8.05. The van der Waals surface area contributed by atoms with Crippen LogP contribution in [0, 0.1) is 6.92 Å². The van der Waals surface area contributed by atoms with Gasteiger partial charge in [0.15, 0.2) is 0 Å². The van der Waals surface area contributed by atoms with Crippen LogP contribution in [0.4, 0.5) is 0 Å². The maximum Gasteiger partial charge on any atom is 0.317 e. The van der Waals surface area contributed by atoms with Gasteiger partial charge in [-0.2, -0.15) is 0 Å². The molecular formula is C38H69N5O9. The molecule has 1 aromatic carbocycles. The van der Waals surface area contributed by atoms with Crippen LogP contribution in [0.25, 0.3) is 0 Å². The Balaban J connectivity index is 0. The predicted octanol–water partition coefficient (Wildman–Crippen LogP) is 3.66. The van der Waals surface area contributed by atoms with Crippen molar-refractivity contribution in [3.05, 3.63) is 35.4 Å². The molecule has 5 N–H and O–H groups in total. The van der Waals surface area contributed by atoms with E-state index in [2.05, 4.69) is 43.4 Å². The minimum Gasteiger partial charge on any atom is -0.480 e. The second-order valence-electron chi connectivity index (χ2n) is 12.6. The number of nitrogens with one attached hydrogen (secondary N) is 1. The first kappa shape index (κ1) is 50.7. The highest BCUT2D eigenvalue weighted by atomic mass is 16.4. The Bertz CT molecular complexity index is 963. The second kappa shape index (κ2) is 34.6. The topological polar surface area (TPSA) is 191 Å². The zero-order valence-corrected chi connectivity index (χ0v) is 32.6. The van der Waals surface area contributed by atoms with Gasteiger partial charge in [0.25, 0.3) is 0 Å². The van der Waals surface area contributed by atoms with E-state index in [0.717, 1.165) is 25.7 Å². The monoisotopic (exact) mass is 740 g/mol. The molecule has 14 nitrogen and oxygen atoms in total. The van der Waals surface area contributed by atoms with Crippen LogP contribution in [0.2, 0.25) is 0 Å². The fraction of sp³-hybridized carbons (Fsp3) is 0.711. The molecule has 1 aliphatic rings. The van der Waals surface area contributed by atoms with Gasteiger partial charge in [-0.3, -0.25) is 38.8 Å². The number of benzene rings is 1. The Morgan fingerprint density at radius 2 is 0.981 bits per heavy atom. The summed E-state index contributed by atoms with van der Waals surface area (Å²) in [6.07, 6.45) is 11.8. The van der Waals surface area contributed by atoms with E-state index < -0.39 is 23.9 Å². The Morgan fingerprint density at radius 1 is 0.615 bits per heavy atom. The number of nitrogens with zero attached hydrogens (tertiary/aromatic N) is 4. The first-order chi connectivity index (χ1) is 24.9. The summed E-state index contributed by atoms with van der Waals surface area (Å²) in [6, 6.07) is 8.92. The SMILES string of the molecule is CC.CCCCCC=O.CNCCCCCCc1ccc(C)cc1.O=C(O)CN1CCN(CC(=O)O)CCN(CC(=O)O)CCN(CC(=O)O)CC1. The van der Waals surface area contributed by atoms with Crippen molar-refractivity contribution in [1.29, 1.82) is 0 Å². The highest BCUT2D eigenvalue weighted by Gasteiger charge is 2.20. The molecule has 1 saturated heterocycles. The van der Waals surface area contributed by atoms with Crippen LogP contribution >= 0.6 is 0 Å². The minimum absolute atomic E-state index is 0.229. The Morgan fingerprint density at radius 3 is 1.29 bits per heavy atom. The van der Waals surface area contributed by atoms with E-state index in [-0.39, 0.29) is 26.2 Å². The molecule has 0 saturated carbocycles. The lowest BCUT2D eigenvalue weighted by atomic mass is 10.0. The van der Waals surface area contributed by atoms with E-state index in [0.29, 0.717) is 52.4 Å². The van der Waals surface area contributed by atoms with E-state index in [9.17, 15) is 24.0 Å². The summed E-state index contributed by atoms with van der Waals surface area (Å²) < 4.78 is 0. The van der Waals surface area contributed by atoms with Crippen LogP contribution in [-0.2, 0) is 30.4 Å². The highest BCUT2D eigenvalue weighted by Crippen LogP contribution is 2.09. The Labute approximate surface area is 312 Å². The van der Waals surface area contributed by atoms with E-state index >= 15 is 0 Å². The third kappa shape index (κ3) is 32.5. The minimum atomic E-state index is -1.02. The number of carbonyl (C=O) groups excluding carboxylic acids is 1. The summed E-state index contributed by atoms with van der Waals surface area (Å²) in [4.78, 5) is 60.6. The standard InChI is InChI=1S/C16H28N4O8.C14H23N.C6H12O.C2H6/c21-13(22)9-17-1-2-18(10-14(23)24)5-6-20(12-16(27)28)8-7-19(4-3-17)11-15(25)26;1-13-8-10-14(11-9-13)7-5-3-4-6-12-15-2;1-2-3-4-5-6-7;1-2/h1-12H2,(H,21,22)(H,23,24)(H,25,26)(H,27,28);8-11,15H,3-7,12H2,1-2H3;6H,2-5H2,1H3;1-2H3. The molecule has 0 radical (unpaired) electrons. The molecule has 0 spiro atoms. The predicted molar refractivity (Wildman–Crippen MR) is 205 cm³/mol. The number of rotatable bonds is 19. The van der Waals surface area contributed by atoms with Gasteiger partial charge in [-0.25, -0.2) is 0 Å². The van der Waals surface area contributed by atoms with Crippen molar-refractivity contribution in [2.75, 3.05) is 92.1 Å². The van der Waals surface area contributed by atoms with Crippen LogP contribution in [-0.4, -0.2) is 162 Å². The van der Waals surface area contributed by atoms with Crippen molar-refractivity contribution in [2.24, 2.45) is 0 Å². The van der Waals surface area contributed by atoms with Crippen molar-refractivity contribution < 1.29 is 44.4 Å². The number of hydrogen-bond acceptors (Lipinski definition) is 10. The number of carboxylic acids is 4. The van der Waals surface area contributed by atoms with Gasteiger partial charge in [0, 0.05) is 58.8 Å². The Kier molecular flexibility index (Phi) is 33.8. The van der Waals surface area contributed by atoms with Crippen molar-refractivity contribution in [3.8, 4) is 0 Å². The van der Waals surface area contributed by atoms with Crippen LogP contribution in [0.5, 0.6) is 0 Å². The van der Waals surface area contributed by atoms with Crippen molar-refractivity contribution in [2.45, 2.75) is 85.5 Å². The van der Waals surface area contributed by atoms with Gasteiger partial charge in [-0.1, -0.05) is 76.3 Å². The van der Waals surface area contributed by atoms with Crippen LogP contribution in [0.15, 0.2) is 24.3 Å². The van der Waals surface area contributed by atoms with Gasteiger partial charge in [0.2, 0.25) is 0 Å². The summed E-state index contributed by atoms with van der Waals surface area (Å²) >= 11 is 0. The molecule has 0 amide bonds. The first-order valence-electron chi connectivity index (χ1n) is 18.8. The smallest absolute Gasteiger partial charge is 0.317 e. The number of hydrogen-bond donors (Lipinski definition) is 5. The maximum atomic E-state index is 11.1. The summed E-state index contributed by atoms with van der Waals surface area (Å²) in [6.45, 7) is 11.0. The summed E-state index contributed by atoms with van der Waals surface area (Å²) in [5.74, 6) is -4.08. The number of carboxylic acid groups (broad SMARTS) is 4. The molecule has 0 aliphatic carbocycles. The molecule has 52 heavy (non-hydrogen) atoms. The highest BCUT2D eigenvalue weighted by molar-refractivity contribution is 5.70. The van der Waals surface area contributed by atoms with Crippen LogP contribution in [0.1, 0.15) is 83.3 Å². The molecule has 0 unspecified atom stereocenters. The normalized spacial score (nSPS) is 14.8. The molecule has 1 aromatic rings. The summed E-state index contributed by atoms with van der Waals surface area (Å²) in [5.41, 5.74) is 2.84. The van der Waals surface area contributed by atoms with Gasteiger partial charge in [-0.15, -0.1) is 0 Å². The van der Waals surface area contributed by atoms with Crippen molar-refractivity contribution in [1.82, 2.24) is 24.9 Å². The maximum absolute atomic E-state index is 11.1. The third-order valence-corrected chi connectivity index (χ3v) is 8.05. The number of unbranched alkanes of at least 4 members (excludes halogenated alkanes) is 6. The van der Waals surface area contributed by atoms with Gasteiger partial charge in [-0.05, 0) is 51.8 Å². The molecular weight excluding hydrogens is 670 g/mol. The zero-order valence-electron chi connectivity index (χ0n) is 32.6. The number of aldehydes is 1. The lowest BCUT2D eigenvalue weighted by Gasteiger charge is -2.32. The van der Waals surface area contributed by atoms with E-state index in [1.54, 1.807) is 19.6 Å². The van der Waals surface area contributed by atoms with Gasteiger partial charge < -0.3 is 30.5 Å². The van der Waals surface area contributed by atoms with E-state index in [1.807, 2.05) is 20.9 Å². The molecule has 1 aliphatic heterocycles. The Hall–Kier alpha value is -3.43. The average molecular weight is 740 g/mol. The molecule has 0 atom stereocenters. The number of aliphatic carboxylic acids is 4. The summed E-state index contributed by atoms with van der Waals surface area (Å²) in [7, 11) is 2.02. The lowest BCUT2D eigenvalue weighted by Crippen LogP contribution is -2.49. The van der Waals surface area contributed by atoms with Gasteiger partial charge in [0.05, 0.1) is 26.2 Å². The largest absolute Gasteiger partial charge is 0.480 e. The van der Waals surface area contributed by atoms with Crippen molar-refractivity contribution >= 4 is 30.2 Å². The molecule has 1 fully saturated rings. The molecule has 1 heterocycles. The molecule has 0 aromatic heterocycles. The fourth-order valence-electron chi connectivity index (χ4n) is 5.19. The molecule has 300 valence electrons. The molecule has 2 rings (SSSR count). The number of carbonyl (C=O) groups is 5. The summed E-state index contributed by atoms with van der Waals surface area (Å²) in [5, 5.41) is 39.5. The number of aryl methyl sites for hydroxylation is 2. The average Bonchev–Trinajstić information content (AvgIpc) is 3.09. The van der Waals surface area contributed by atoms with Gasteiger partial charge in [0.1, 0.15) is 6.29 Å². The molecule has 14 heteroatoms. The van der Waals surface area contributed by atoms with Crippen LogP contribution in [0.3, 0.4) is 0 Å². The van der Waals surface area contributed by atoms with E-state index in [1.165, 1.54) is 56.1 Å². The van der Waals surface area contributed by atoms with E-state index in [4.69, 9.17) is 20.4 Å².